The molecule has 1 aromatic heterocycles. The zero-order valence-electron chi connectivity index (χ0n) is 12.2. The first-order valence-corrected chi connectivity index (χ1v) is 8.09. The molecule has 2 heterocycles. The SMILES string of the molecule is CCN(C(C)=O)c1nc(CNCCC2CCOC2)cs1. The van der Waals surface area contributed by atoms with Gasteiger partial charge in [0.1, 0.15) is 0 Å². The van der Waals surface area contributed by atoms with Crippen LogP contribution in [0, 0.1) is 5.92 Å². The molecule has 0 aliphatic carbocycles. The third-order valence-electron chi connectivity index (χ3n) is 3.53. The van der Waals surface area contributed by atoms with E-state index in [0.29, 0.717) is 12.5 Å². The zero-order chi connectivity index (χ0) is 14.4. The second-order valence-electron chi connectivity index (χ2n) is 5.08. The smallest absolute Gasteiger partial charge is 0.225 e. The molecule has 1 aliphatic heterocycles. The minimum Gasteiger partial charge on any atom is -0.381 e. The topological polar surface area (TPSA) is 54.5 Å². The highest BCUT2D eigenvalue weighted by molar-refractivity contribution is 7.14. The van der Waals surface area contributed by atoms with Crippen molar-refractivity contribution >= 4 is 22.4 Å². The molecule has 1 aromatic rings. The largest absolute Gasteiger partial charge is 0.381 e. The standard InChI is InChI=1S/C14H23N3O2S/c1-3-17(11(2)18)14-16-13(10-20-14)8-15-6-4-12-5-7-19-9-12/h10,12,15H,3-9H2,1-2H3. The maximum absolute atomic E-state index is 11.5. The van der Waals surface area contributed by atoms with E-state index in [9.17, 15) is 4.79 Å². The van der Waals surface area contributed by atoms with Crippen molar-refractivity contribution in [1.29, 1.82) is 0 Å². The summed E-state index contributed by atoms with van der Waals surface area (Å²) in [6.07, 6.45) is 2.35. The number of aromatic nitrogens is 1. The molecule has 1 amide bonds. The highest BCUT2D eigenvalue weighted by Crippen LogP contribution is 2.20. The molecule has 112 valence electrons. The van der Waals surface area contributed by atoms with E-state index in [0.717, 1.165) is 43.5 Å². The van der Waals surface area contributed by atoms with Crippen LogP contribution in [-0.2, 0) is 16.1 Å². The van der Waals surface area contributed by atoms with Crippen LogP contribution in [0.4, 0.5) is 5.13 Å². The maximum atomic E-state index is 11.5. The predicted molar refractivity (Wildman–Crippen MR) is 81.1 cm³/mol. The number of amides is 1. The van der Waals surface area contributed by atoms with Gasteiger partial charge in [0.05, 0.1) is 5.69 Å². The summed E-state index contributed by atoms with van der Waals surface area (Å²) in [4.78, 5) is 17.7. The monoisotopic (exact) mass is 297 g/mol. The summed E-state index contributed by atoms with van der Waals surface area (Å²) >= 11 is 1.53. The molecule has 0 saturated carbocycles. The van der Waals surface area contributed by atoms with E-state index in [1.807, 2.05) is 12.3 Å². The number of carbonyl (C=O) groups is 1. The summed E-state index contributed by atoms with van der Waals surface area (Å²) in [6, 6.07) is 0. The molecular weight excluding hydrogens is 274 g/mol. The summed E-state index contributed by atoms with van der Waals surface area (Å²) in [7, 11) is 0. The van der Waals surface area contributed by atoms with Gasteiger partial charge in [0.25, 0.3) is 0 Å². The minimum atomic E-state index is 0.0441. The summed E-state index contributed by atoms with van der Waals surface area (Å²) in [5, 5.41) is 6.23. The average molecular weight is 297 g/mol. The molecule has 1 N–H and O–H groups in total. The van der Waals surface area contributed by atoms with Crippen LogP contribution in [-0.4, -0.2) is 37.2 Å². The fourth-order valence-electron chi connectivity index (χ4n) is 2.33. The molecule has 1 unspecified atom stereocenters. The van der Waals surface area contributed by atoms with Gasteiger partial charge in [-0.25, -0.2) is 4.98 Å². The number of carbonyl (C=O) groups excluding carboxylic acids is 1. The highest BCUT2D eigenvalue weighted by Gasteiger charge is 2.15. The molecule has 1 atom stereocenters. The van der Waals surface area contributed by atoms with E-state index in [2.05, 4.69) is 10.3 Å². The lowest BCUT2D eigenvalue weighted by molar-refractivity contribution is -0.116. The maximum Gasteiger partial charge on any atom is 0.225 e. The molecular formula is C14H23N3O2S. The Kier molecular flexibility index (Phi) is 5.94. The Morgan fingerprint density at radius 2 is 2.50 bits per heavy atom. The number of anilines is 1. The van der Waals surface area contributed by atoms with Crippen molar-refractivity contribution < 1.29 is 9.53 Å². The predicted octanol–water partition coefficient (Wildman–Crippen LogP) is 2.03. The lowest BCUT2D eigenvalue weighted by Gasteiger charge is -2.14. The summed E-state index contributed by atoms with van der Waals surface area (Å²) in [6.45, 7) is 7.78. The van der Waals surface area contributed by atoms with Gasteiger partial charge in [-0.2, -0.15) is 0 Å². The van der Waals surface area contributed by atoms with Crippen molar-refractivity contribution in [3.63, 3.8) is 0 Å². The third kappa shape index (κ3) is 4.26. The van der Waals surface area contributed by atoms with Crippen LogP contribution in [0.2, 0.25) is 0 Å². The fraction of sp³-hybridized carbons (Fsp3) is 0.714. The van der Waals surface area contributed by atoms with E-state index in [4.69, 9.17) is 4.74 Å². The third-order valence-corrected chi connectivity index (χ3v) is 4.44. The van der Waals surface area contributed by atoms with E-state index >= 15 is 0 Å². The molecule has 5 nitrogen and oxygen atoms in total. The van der Waals surface area contributed by atoms with Crippen molar-refractivity contribution in [2.24, 2.45) is 5.92 Å². The van der Waals surface area contributed by atoms with E-state index in [1.165, 1.54) is 17.8 Å². The van der Waals surface area contributed by atoms with Crippen LogP contribution in [0.1, 0.15) is 32.4 Å². The number of thiazole rings is 1. The molecule has 0 radical (unpaired) electrons. The second kappa shape index (κ2) is 7.71. The number of hydrogen-bond acceptors (Lipinski definition) is 5. The van der Waals surface area contributed by atoms with Crippen LogP contribution >= 0.6 is 11.3 Å². The molecule has 1 fully saturated rings. The van der Waals surface area contributed by atoms with Gasteiger partial charge in [-0.15, -0.1) is 11.3 Å². The van der Waals surface area contributed by atoms with Crippen LogP contribution < -0.4 is 10.2 Å². The van der Waals surface area contributed by atoms with Crippen LogP contribution in [0.15, 0.2) is 5.38 Å². The minimum absolute atomic E-state index is 0.0441. The van der Waals surface area contributed by atoms with Crippen molar-refractivity contribution in [3.05, 3.63) is 11.1 Å². The molecule has 0 bridgehead atoms. The van der Waals surface area contributed by atoms with E-state index < -0.39 is 0 Å². The molecule has 1 aliphatic rings. The first kappa shape index (κ1) is 15.4. The second-order valence-corrected chi connectivity index (χ2v) is 5.92. The van der Waals surface area contributed by atoms with Crippen molar-refractivity contribution in [2.75, 3.05) is 31.2 Å². The average Bonchev–Trinajstić information content (AvgIpc) is 3.06. The van der Waals surface area contributed by atoms with Crippen LogP contribution in [0.25, 0.3) is 0 Å². The first-order chi connectivity index (χ1) is 9.70. The summed E-state index contributed by atoms with van der Waals surface area (Å²) < 4.78 is 5.36. The van der Waals surface area contributed by atoms with Crippen molar-refractivity contribution in [2.45, 2.75) is 33.2 Å². The van der Waals surface area contributed by atoms with Gasteiger partial charge >= 0.3 is 0 Å². The number of nitrogens with one attached hydrogen (secondary N) is 1. The van der Waals surface area contributed by atoms with E-state index in [-0.39, 0.29) is 5.91 Å². The molecule has 20 heavy (non-hydrogen) atoms. The Balaban J connectivity index is 1.73. The quantitative estimate of drug-likeness (QED) is 0.783. The Morgan fingerprint density at radius 1 is 1.65 bits per heavy atom. The number of nitrogens with zero attached hydrogens (tertiary/aromatic N) is 2. The molecule has 0 aromatic carbocycles. The molecule has 6 heteroatoms. The van der Waals surface area contributed by atoms with Crippen LogP contribution in [0.3, 0.4) is 0 Å². The zero-order valence-corrected chi connectivity index (χ0v) is 13.0. The first-order valence-electron chi connectivity index (χ1n) is 7.21. The van der Waals surface area contributed by atoms with Gasteiger partial charge in [0.15, 0.2) is 5.13 Å². The van der Waals surface area contributed by atoms with Gasteiger partial charge in [-0.05, 0) is 32.2 Å². The Bertz CT molecular complexity index is 430. The fourth-order valence-corrected chi connectivity index (χ4v) is 3.26. The summed E-state index contributed by atoms with van der Waals surface area (Å²) in [5.41, 5.74) is 1.01. The Labute approximate surface area is 124 Å². The lowest BCUT2D eigenvalue weighted by atomic mass is 10.1. The number of rotatable bonds is 7. The molecule has 1 saturated heterocycles. The highest BCUT2D eigenvalue weighted by atomic mass is 32.1. The van der Waals surface area contributed by atoms with Crippen LogP contribution in [0.5, 0.6) is 0 Å². The number of hydrogen-bond donors (Lipinski definition) is 1. The van der Waals surface area contributed by atoms with Gasteiger partial charge in [0.2, 0.25) is 5.91 Å². The van der Waals surface area contributed by atoms with Gasteiger partial charge in [0, 0.05) is 38.6 Å². The summed E-state index contributed by atoms with van der Waals surface area (Å²) in [5.74, 6) is 0.754. The van der Waals surface area contributed by atoms with Gasteiger partial charge in [-0.3, -0.25) is 9.69 Å². The molecule has 2 rings (SSSR count). The van der Waals surface area contributed by atoms with Gasteiger partial charge < -0.3 is 10.1 Å². The Hall–Kier alpha value is -0.980. The van der Waals surface area contributed by atoms with Crippen molar-refractivity contribution in [1.82, 2.24) is 10.3 Å². The Morgan fingerprint density at radius 3 is 3.15 bits per heavy atom. The van der Waals surface area contributed by atoms with Crippen molar-refractivity contribution in [3.8, 4) is 0 Å². The number of ether oxygens (including phenoxy) is 1. The van der Waals surface area contributed by atoms with E-state index in [1.54, 1.807) is 11.8 Å². The lowest BCUT2D eigenvalue weighted by Crippen LogP contribution is -2.27. The van der Waals surface area contributed by atoms with Gasteiger partial charge in [-0.1, -0.05) is 0 Å². The normalized spacial score (nSPS) is 18.4. The molecule has 0 spiro atoms.